The van der Waals surface area contributed by atoms with Crippen molar-refractivity contribution in [3.05, 3.63) is 39.8 Å². The molecular weight excluding hydrogens is 318 g/mol. The minimum Gasteiger partial charge on any atom is -0.490 e. The van der Waals surface area contributed by atoms with E-state index in [0.717, 1.165) is 15.8 Å². The van der Waals surface area contributed by atoms with E-state index in [1.165, 1.54) is 0 Å². The van der Waals surface area contributed by atoms with Crippen LogP contribution in [0.15, 0.2) is 34.3 Å². The van der Waals surface area contributed by atoms with Crippen LogP contribution in [0.4, 0.5) is 0 Å². The second-order valence-electron chi connectivity index (χ2n) is 4.05. The maximum absolute atomic E-state index is 9.69. The van der Waals surface area contributed by atoms with Gasteiger partial charge in [-0.25, -0.2) is 0 Å². The van der Waals surface area contributed by atoms with Gasteiger partial charge in [-0.15, -0.1) is 0 Å². The molecule has 0 radical (unpaired) electrons. The molecule has 1 aromatic rings. The highest BCUT2D eigenvalue weighted by molar-refractivity contribution is 9.10. The highest BCUT2D eigenvalue weighted by Crippen LogP contribution is 2.25. The third-order valence-corrected chi connectivity index (χ3v) is 2.97. The zero-order valence-electron chi connectivity index (χ0n) is 10.2. The van der Waals surface area contributed by atoms with E-state index in [-0.39, 0.29) is 6.61 Å². The number of aryl methyl sites for hydroxylation is 1. The first-order valence-corrected chi connectivity index (χ1v) is 6.77. The summed E-state index contributed by atoms with van der Waals surface area (Å²) in [6, 6.07) is 5.81. The van der Waals surface area contributed by atoms with Gasteiger partial charge in [-0.1, -0.05) is 24.2 Å². The van der Waals surface area contributed by atoms with Crippen LogP contribution in [0.5, 0.6) is 5.75 Å². The molecule has 0 aliphatic carbocycles. The van der Waals surface area contributed by atoms with Gasteiger partial charge in [-0.05, 0) is 40.5 Å². The van der Waals surface area contributed by atoms with Gasteiger partial charge in [0.2, 0.25) is 0 Å². The summed E-state index contributed by atoms with van der Waals surface area (Å²) >= 11 is 9.01. The monoisotopic (exact) mass is 333 g/mol. The van der Waals surface area contributed by atoms with Crippen molar-refractivity contribution < 1.29 is 9.84 Å². The summed E-state index contributed by atoms with van der Waals surface area (Å²) in [5, 5.41) is 13.2. The number of benzene rings is 1. The number of hydrogen-bond donors (Lipinski definition) is 2. The van der Waals surface area contributed by atoms with Crippen LogP contribution in [0.1, 0.15) is 5.56 Å². The van der Waals surface area contributed by atoms with Crippen molar-refractivity contribution in [2.75, 3.05) is 19.7 Å². The molecule has 0 aliphatic heterocycles. The largest absolute Gasteiger partial charge is 0.490 e. The summed E-state index contributed by atoms with van der Waals surface area (Å²) in [7, 11) is 0. The first-order valence-electron chi connectivity index (χ1n) is 5.60. The molecule has 0 aliphatic rings. The topological polar surface area (TPSA) is 41.5 Å². The van der Waals surface area contributed by atoms with Gasteiger partial charge >= 0.3 is 0 Å². The molecule has 0 amide bonds. The Balaban J connectivity index is 2.33. The molecule has 100 valence electrons. The van der Waals surface area contributed by atoms with Gasteiger partial charge in [0.15, 0.2) is 0 Å². The quantitative estimate of drug-likeness (QED) is 0.805. The average molecular weight is 335 g/mol. The van der Waals surface area contributed by atoms with Gasteiger partial charge in [0.05, 0.1) is 4.47 Å². The van der Waals surface area contributed by atoms with Gasteiger partial charge in [-0.2, -0.15) is 0 Å². The van der Waals surface area contributed by atoms with E-state index in [9.17, 15) is 5.11 Å². The normalized spacial score (nSPS) is 12.2. The van der Waals surface area contributed by atoms with Crippen LogP contribution in [0.2, 0.25) is 0 Å². The second kappa shape index (κ2) is 7.79. The van der Waals surface area contributed by atoms with Crippen molar-refractivity contribution in [3.8, 4) is 5.75 Å². The van der Waals surface area contributed by atoms with Crippen LogP contribution in [0.3, 0.4) is 0 Å². The molecule has 3 nitrogen and oxygen atoms in total. The van der Waals surface area contributed by atoms with Crippen LogP contribution in [0, 0.1) is 6.92 Å². The molecule has 5 heteroatoms. The number of halogens is 2. The van der Waals surface area contributed by atoms with Gasteiger partial charge in [0.1, 0.15) is 18.5 Å². The van der Waals surface area contributed by atoms with Gasteiger partial charge in [0, 0.05) is 18.1 Å². The van der Waals surface area contributed by atoms with Crippen LogP contribution >= 0.6 is 27.5 Å². The molecule has 1 rings (SSSR count). The molecule has 1 unspecified atom stereocenters. The number of aliphatic hydroxyl groups is 1. The standard InChI is InChI=1S/C13H17BrClNO2/c1-9-3-4-13(12(14)5-9)18-8-11(17)7-16-6-10(2)15/h3-5,11,16-17H,2,6-8H2,1H3. The average Bonchev–Trinajstić information content (AvgIpc) is 2.27. The summed E-state index contributed by atoms with van der Waals surface area (Å²) < 4.78 is 6.40. The van der Waals surface area contributed by atoms with E-state index in [1.54, 1.807) is 0 Å². The van der Waals surface area contributed by atoms with Crippen LogP contribution in [-0.2, 0) is 0 Å². The zero-order valence-corrected chi connectivity index (χ0v) is 12.6. The van der Waals surface area contributed by atoms with Gasteiger partial charge < -0.3 is 15.2 Å². The fourth-order valence-electron chi connectivity index (χ4n) is 1.34. The lowest BCUT2D eigenvalue weighted by Crippen LogP contribution is -2.32. The van der Waals surface area contributed by atoms with Crippen molar-refractivity contribution in [3.63, 3.8) is 0 Å². The molecule has 1 aromatic carbocycles. The molecule has 0 saturated carbocycles. The van der Waals surface area contributed by atoms with E-state index in [0.29, 0.717) is 18.1 Å². The molecule has 0 saturated heterocycles. The number of rotatable bonds is 7. The highest BCUT2D eigenvalue weighted by Gasteiger charge is 2.07. The Morgan fingerprint density at radius 1 is 1.61 bits per heavy atom. The first-order chi connectivity index (χ1) is 8.49. The Hall–Kier alpha value is -0.550. The predicted octanol–water partition coefficient (Wildman–Crippen LogP) is 2.84. The summed E-state index contributed by atoms with van der Waals surface area (Å²) in [4.78, 5) is 0. The molecule has 0 bridgehead atoms. The molecule has 0 spiro atoms. The number of nitrogens with one attached hydrogen (secondary N) is 1. The summed E-state index contributed by atoms with van der Waals surface area (Å²) in [6.45, 7) is 6.67. The summed E-state index contributed by atoms with van der Waals surface area (Å²) in [6.07, 6.45) is -0.589. The Bertz CT molecular complexity index is 412. The molecule has 18 heavy (non-hydrogen) atoms. The number of aliphatic hydroxyl groups excluding tert-OH is 1. The minimum absolute atomic E-state index is 0.226. The van der Waals surface area contributed by atoms with E-state index in [4.69, 9.17) is 16.3 Å². The third-order valence-electron chi connectivity index (χ3n) is 2.22. The fourth-order valence-corrected chi connectivity index (χ4v) is 2.04. The zero-order chi connectivity index (χ0) is 13.5. The Labute approximate surface area is 121 Å². The van der Waals surface area contributed by atoms with Gasteiger partial charge in [0.25, 0.3) is 0 Å². The Kier molecular flexibility index (Phi) is 6.71. The molecule has 1 atom stereocenters. The smallest absolute Gasteiger partial charge is 0.133 e. The van der Waals surface area contributed by atoms with E-state index in [2.05, 4.69) is 27.8 Å². The Morgan fingerprint density at radius 3 is 2.94 bits per heavy atom. The van der Waals surface area contributed by atoms with Crippen molar-refractivity contribution in [2.24, 2.45) is 0 Å². The van der Waals surface area contributed by atoms with Crippen molar-refractivity contribution in [1.82, 2.24) is 5.32 Å². The molecule has 0 aromatic heterocycles. The molecule has 2 N–H and O–H groups in total. The van der Waals surface area contributed by atoms with Crippen molar-refractivity contribution in [2.45, 2.75) is 13.0 Å². The van der Waals surface area contributed by atoms with Crippen LogP contribution in [-0.4, -0.2) is 30.9 Å². The highest BCUT2D eigenvalue weighted by atomic mass is 79.9. The van der Waals surface area contributed by atoms with Crippen LogP contribution < -0.4 is 10.1 Å². The lowest BCUT2D eigenvalue weighted by atomic mass is 10.2. The van der Waals surface area contributed by atoms with E-state index < -0.39 is 6.10 Å². The molecular formula is C13H17BrClNO2. The first kappa shape index (κ1) is 15.5. The van der Waals surface area contributed by atoms with Gasteiger partial charge in [-0.3, -0.25) is 0 Å². The molecule has 0 fully saturated rings. The van der Waals surface area contributed by atoms with Crippen LogP contribution in [0.25, 0.3) is 0 Å². The van der Waals surface area contributed by atoms with Crippen molar-refractivity contribution >= 4 is 27.5 Å². The SMILES string of the molecule is C=C(Cl)CNCC(O)COc1ccc(C)cc1Br. The minimum atomic E-state index is -0.589. The van der Waals surface area contributed by atoms with E-state index in [1.807, 2.05) is 25.1 Å². The maximum atomic E-state index is 9.69. The lowest BCUT2D eigenvalue weighted by Gasteiger charge is -2.14. The summed E-state index contributed by atoms with van der Waals surface area (Å²) in [5.41, 5.74) is 1.15. The summed E-state index contributed by atoms with van der Waals surface area (Å²) in [5.74, 6) is 0.724. The maximum Gasteiger partial charge on any atom is 0.133 e. The van der Waals surface area contributed by atoms with E-state index >= 15 is 0 Å². The molecule has 0 heterocycles. The number of hydrogen-bond acceptors (Lipinski definition) is 3. The fraction of sp³-hybridized carbons (Fsp3) is 0.385. The van der Waals surface area contributed by atoms with Crippen molar-refractivity contribution in [1.29, 1.82) is 0 Å². The Morgan fingerprint density at radius 2 is 2.33 bits per heavy atom. The predicted molar refractivity (Wildman–Crippen MR) is 78.2 cm³/mol. The third kappa shape index (κ3) is 5.87. The second-order valence-corrected chi connectivity index (χ2v) is 5.44. The number of ether oxygens (including phenoxy) is 1. The lowest BCUT2D eigenvalue weighted by molar-refractivity contribution is 0.107.